The summed E-state index contributed by atoms with van der Waals surface area (Å²) in [6, 6.07) is 10.6. The monoisotopic (exact) mass is 417 g/mol. The second kappa shape index (κ2) is 11.7. The number of esters is 1. The molecule has 0 fully saturated rings. The minimum Gasteiger partial charge on any atom is -1.00 e. The lowest BCUT2D eigenvalue weighted by atomic mass is 10.1. The largest absolute Gasteiger partial charge is 1.00 e. The average Bonchev–Trinajstić information content (AvgIpc) is 2.52. The molecule has 4 heteroatoms. The van der Waals surface area contributed by atoms with Crippen LogP contribution >= 0.6 is 0 Å². The molecule has 0 spiro atoms. The van der Waals surface area contributed by atoms with E-state index in [1.165, 1.54) is 11.6 Å². The summed E-state index contributed by atoms with van der Waals surface area (Å²) in [6.07, 6.45) is 3.27. The number of carbonyl (C=O) groups is 1. The Morgan fingerprint density at radius 1 is 1.23 bits per heavy atom. The van der Waals surface area contributed by atoms with Gasteiger partial charge in [0, 0.05) is 18.1 Å². The Morgan fingerprint density at radius 2 is 1.91 bits per heavy atom. The first-order valence-corrected chi connectivity index (χ1v) is 7.84. The van der Waals surface area contributed by atoms with E-state index in [-0.39, 0.29) is 29.9 Å². The van der Waals surface area contributed by atoms with Crippen molar-refractivity contribution < 1.29 is 38.0 Å². The van der Waals surface area contributed by atoms with E-state index in [1.54, 1.807) is 0 Å². The van der Waals surface area contributed by atoms with Crippen molar-refractivity contribution in [3.8, 4) is 0 Å². The van der Waals surface area contributed by atoms with Gasteiger partial charge in [0.2, 0.25) is 0 Å². The van der Waals surface area contributed by atoms with Crippen LogP contribution in [0, 0.1) is 0 Å². The molecule has 0 aliphatic heterocycles. The number of ether oxygens (including phenoxy) is 1. The van der Waals surface area contributed by atoms with Gasteiger partial charge in [0.15, 0.2) is 0 Å². The molecule has 0 aliphatic carbocycles. The lowest BCUT2D eigenvalue weighted by molar-refractivity contribution is -0.939. The van der Waals surface area contributed by atoms with Gasteiger partial charge >= 0.3 is 5.97 Å². The van der Waals surface area contributed by atoms with Crippen LogP contribution in [0.3, 0.4) is 0 Å². The fourth-order valence-electron chi connectivity index (χ4n) is 2.77. The maximum atomic E-state index is 11.1. The van der Waals surface area contributed by atoms with Crippen molar-refractivity contribution in [1.82, 2.24) is 0 Å². The second-order valence-corrected chi connectivity index (χ2v) is 5.47. The summed E-state index contributed by atoms with van der Waals surface area (Å²) >= 11 is 0. The summed E-state index contributed by atoms with van der Waals surface area (Å²) in [6.45, 7) is 12.7. The van der Waals surface area contributed by atoms with Gasteiger partial charge in [-0.15, -0.1) is 0 Å². The first-order chi connectivity index (χ1) is 10.2. The van der Waals surface area contributed by atoms with Gasteiger partial charge < -0.3 is 33.2 Å². The molecule has 1 aromatic rings. The van der Waals surface area contributed by atoms with E-state index in [4.69, 9.17) is 4.74 Å². The van der Waals surface area contributed by atoms with Crippen molar-refractivity contribution in [3.63, 3.8) is 0 Å². The van der Waals surface area contributed by atoms with Crippen molar-refractivity contribution in [1.29, 1.82) is 0 Å². The minimum atomic E-state index is -0.330. The van der Waals surface area contributed by atoms with E-state index in [1.807, 2.05) is 0 Å². The summed E-state index contributed by atoms with van der Waals surface area (Å²) in [4.78, 5) is 11.1. The van der Waals surface area contributed by atoms with Crippen LogP contribution < -0.4 is 24.0 Å². The maximum Gasteiger partial charge on any atom is 0.330 e. The highest BCUT2D eigenvalue weighted by atomic mass is 127. The third kappa shape index (κ3) is 7.40. The molecule has 1 rings (SSSR count). The van der Waals surface area contributed by atoms with Crippen molar-refractivity contribution in [2.24, 2.45) is 0 Å². The van der Waals surface area contributed by atoms with Crippen molar-refractivity contribution >= 4 is 5.97 Å². The molecule has 0 saturated carbocycles. The molecule has 0 saturated heterocycles. The highest BCUT2D eigenvalue weighted by Gasteiger charge is 2.24. The smallest absolute Gasteiger partial charge is 0.330 e. The molecular formula is C18H28INO2. The van der Waals surface area contributed by atoms with Crippen molar-refractivity contribution in [2.45, 2.75) is 33.2 Å². The van der Waals surface area contributed by atoms with Gasteiger partial charge in [0.1, 0.15) is 6.54 Å². The fourth-order valence-corrected chi connectivity index (χ4v) is 2.77. The molecular weight excluding hydrogens is 389 g/mol. The Hall–Kier alpha value is -0.880. The lowest BCUT2D eigenvalue weighted by Crippen LogP contribution is -3.00. The normalized spacial score (nSPS) is 12.8. The van der Waals surface area contributed by atoms with Gasteiger partial charge in [-0.2, -0.15) is 0 Å². The van der Waals surface area contributed by atoms with Crippen LogP contribution in [0.4, 0.5) is 0 Å². The van der Waals surface area contributed by atoms with Gasteiger partial charge in [-0.1, -0.05) is 43.8 Å². The molecule has 0 heterocycles. The SMILES string of the molecule is C=CC(=O)OCCC[N+](CC)(CCC)Cc1ccccc1.[I-]. The summed E-state index contributed by atoms with van der Waals surface area (Å²) in [5, 5.41) is 0. The molecule has 124 valence electrons. The Morgan fingerprint density at radius 3 is 2.45 bits per heavy atom. The first kappa shape index (κ1) is 21.1. The number of carbonyl (C=O) groups excluding carboxylic acids is 1. The molecule has 0 aromatic heterocycles. The van der Waals surface area contributed by atoms with Crippen LogP contribution in [-0.4, -0.2) is 36.7 Å². The van der Waals surface area contributed by atoms with Gasteiger partial charge in [-0.3, -0.25) is 0 Å². The first-order valence-electron chi connectivity index (χ1n) is 7.84. The van der Waals surface area contributed by atoms with Gasteiger partial charge in [0.25, 0.3) is 0 Å². The number of rotatable bonds is 10. The van der Waals surface area contributed by atoms with Crippen LogP contribution in [-0.2, 0) is 16.1 Å². The highest BCUT2D eigenvalue weighted by Crippen LogP contribution is 2.16. The molecule has 3 nitrogen and oxygen atoms in total. The summed E-state index contributed by atoms with van der Waals surface area (Å²) in [7, 11) is 0. The summed E-state index contributed by atoms with van der Waals surface area (Å²) in [5.74, 6) is -0.330. The zero-order chi connectivity index (χ0) is 15.6. The highest BCUT2D eigenvalue weighted by molar-refractivity contribution is 5.81. The maximum absolute atomic E-state index is 11.1. The molecule has 22 heavy (non-hydrogen) atoms. The van der Waals surface area contributed by atoms with Crippen molar-refractivity contribution in [2.75, 3.05) is 26.2 Å². The number of quaternary nitrogens is 1. The van der Waals surface area contributed by atoms with Gasteiger partial charge in [-0.25, -0.2) is 4.79 Å². The van der Waals surface area contributed by atoms with Crippen LogP contribution in [0.25, 0.3) is 0 Å². The third-order valence-electron chi connectivity index (χ3n) is 3.92. The molecule has 0 N–H and O–H groups in total. The van der Waals surface area contributed by atoms with Crippen LogP contribution in [0.5, 0.6) is 0 Å². The number of halogens is 1. The molecule has 1 atom stereocenters. The van der Waals surface area contributed by atoms with Crippen LogP contribution in [0.15, 0.2) is 43.0 Å². The molecule has 0 aliphatic rings. The molecule has 0 bridgehead atoms. The molecule has 0 radical (unpaired) electrons. The zero-order valence-corrected chi connectivity index (χ0v) is 15.9. The van der Waals surface area contributed by atoms with E-state index in [2.05, 4.69) is 50.8 Å². The average molecular weight is 417 g/mol. The number of benzene rings is 1. The standard InChI is InChI=1S/C18H28NO2.HI/c1-4-13-19(6-3,14-10-15-21-18(20)5-2)16-17-11-8-7-9-12-17;/h5,7-9,11-12H,2,4,6,10,13-16H2,1,3H3;1H/q+1;/p-1. The quantitative estimate of drug-likeness (QED) is 0.183. The minimum absolute atomic E-state index is 0. The Labute approximate surface area is 152 Å². The summed E-state index contributed by atoms with van der Waals surface area (Å²) in [5.41, 5.74) is 1.37. The van der Waals surface area contributed by atoms with E-state index >= 15 is 0 Å². The summed E-state index contributed by atoms with van der Waals surface area (Å²) < 4.78 is 6.14. The predicted molar refractivity (Wildman–Crippen MR) is 86.7 cm³/mol. The van der Waals surface area contributed by atoms with E-state index in [0.29, 0.717) is 6.61 Å². The van der Waals surface area contributed by atoms with E-state index in [9.17, 15) is 4.79 Å². The number of hydrogen-bond acceptors (Lipinski definition) is 2. The van der Waals surface area contributed by atoms with Gasteiger partial charge in [0.05, 0.1) is 26.2 Å². The third-order valence-corrected chi connectivity index (χ3v) is 3.92. The molecule has 1 unspecified atom stereocenters. The lowest BCUT2D eigenvalue weighted by Gasteiger charge is -2.38. The zero-order valence-electron chi connectivity index (χ0n) is 13.8. The second-order valence-electron chi connectivity index (χ2n) is 5.47. The number of nitrogens with zero attached hydrogens (tertiary/aromatic N) is 1. The Kier molecular flexibility index (Phi) is 11.2. The Balaban J connectivity index is 0.00000441. The molecule has 0 amide bonds. The Bertz CT molecular complexity index is 436. The topological polar surface area (TPSA) is 26.3 Å². The van der Waals surface area contributed by atoms with E-state index in [0.717, 1.165) is 43.5 Å². The van der Waals surface area contributed by atoms with Gasteiger partial charge in [-0.05, 0) is 13.3 Å². The predicted octanol–water partition coefficient (Wildman–Crippen LogP) is 0.557. The van der Waals surface area contributed by atoms with Crippen LogP contribution in [0.2, 0.25) is 0 Å². The van der Waals surface area contributed by atoms with E-state index < -0.39 is 0 Å². The van der Waals surface area contributed by atoms with Crippen molar-refractivity contribution in [3.05, 3.63) is 48.6 Å². The van der Waals surface area contributed by atoms with Crippen LogP contribution in [0.1, 0.15) is 32.3 Å². The molecule has 1 aromatic carbocycles. The number of hydrogen-bond donors (Lipinski definition) is 0. The fraction of sp³-hybridized carbons (Fsp3) is 0.500.